The lowest BCUT2D eigenvalue weighted by Crippen LogP contribution is -2.08. The zero-order valence-corrected chi connectivity index (χ0v) is 4.80. The molecule has 2 atom stereocenters. The SMILES string of the molecule is C=CC(O)OS(=O)O. The molecule has 2 unspecified atom stereocenters. The molecule has 0 bridgehead atoms. The van der Waals surface area contributed by atoms with Crippen molar-refractivity contribution in [1.29, 1.82) is 0 Å². The predicted molar refractivity (Wildman–Crippen MR) is 28.1 cm³/mol. The molecule has 4 nitrogen and oxygen atoms in total. The molecule has 48 valence electrons. The largest absolute Gasteiger partial charge is 0.364 e. The zero-order valence-electron chi connectivity index (χ0n) is 3.98. The van der Waals surface area contributed by atoms with Crippen LogP contribution in [0.3, 0.4) is 0 Å². The summed E-state index contributed by atoms with van der Waals surface area (Å²) < 4.78 is 21.4. The van der Waals surface area contributed by atoms with Gasteiger partial charge in [-0.3, -0.25) is 4.55 Å². The maximum Gasteiger partial charge on any atom is 0.304 e. The lowest BCUT2D eigenvalue weighted by atomic mass is 10.6. The van der Waals surface area contributed by atoms with Crippen molar-refractivity contribution in [2.24, 2.45) is 0 Å². The van der Waals surface area contributed by atoms with Crippen LogP contribution in [0.5, 0.6) is 0 Å². The highest BCUT2D eigenvalue weighted by Gasteiger charge is 1.99. The summed E-state index contributed by atoms with van der Waals surface area (Å²) in [6.45, 7) is 3.09. The molecule has 0 amide bonds. The van der Waals surface area contributed by atoms with Crippen molar-refractivity contribution < 1.29 is 18.1 Å². The second-order valence-electron chi connectivity index (χ2n) is 0.940. The van der Waals surface area contributed by atoms with Gasteiger partial charge >= 0.3 is 11.4 Å². The van der Waals surface area contributed by atoms with E-state index in [1.54, 1.807) is 0 Å². The van der Waals surface area contributed by atoms with Gasteiger partial charge in [0.15, 0.2) is 6.29 Å². The van der Waals surface area contributed by atoms with Crippen LogP contribution in [0, 0.1) is 0 Å². The molecule has 0 aliphatic carbocycles. The van der Waals surface area contributed by atoms with E-state index < -0.39 is 17.7 Å². The second-order valence-corrected chi connectivity index (χ2v) is 1.57. The molecule has 0 heterocycles. The van der Waals surface area contributed by atoms with Gasteiger partial charge in [-0.05, 0) is 6.08 Å². The Morgan fingerprint density at radius 1 is 1.88 bits per heavy atom. The van der Waals surface area contributed by atoms with Crippen LogP contribution < -0.4 is 0 Å². The number of aliphatic hydroxyl groups is 1. The molecule has 0 fully saturated rings. The van der Waals surface area contributed by atoms with Crippen LogP contribution in [0.1, 0.15) is 0 Å². The Balaban J connectivity index is 3.38. The van der Waals surface area contributed by atoms with E-state index in [1.165, 1.54) is 0 Å². The molecule has 0 rings (SSSR count). The molecule has 0 saturated heterocycles. The molecule has 2 N–H and O–H groups in total. The fourth-order valence-electron chi connectivity index (χ4n) is 0.124. The molecule has 0 radical (unpaired) electrons. The average Bonchev–Trinajstić information content (AvgIpc) is 1.65. The fourth-order valence-corrected chi connectivity index (χ4v) is 0.371. The van der Waals surface area contributed by atoms with E-state index in [2.05, 4.69) is 10.8 Å². The van der Waals surface area contributed by atoms with Gasteiger partial charge in [-0.25, -0.2) is 4.18 Å². The van der Waals surface area contributed by atoms with Crippen LogP contribution in [0.15, 0.2) is 12.7 Å². The van der Waals surface area contributed by atoms with Crippen molar-refractivity contribution in [1.82, 2.24) is 0 Å². The smallest absolute Gasteiger partial charge is 0.304 e. The number of hydrogen-bond donors (Lipinski definition) is 2. The van der Waals surface area contributed by atoms with Gasteiger partial charge in [-0.2, -0.15) is 4.21 Å². The summed E-state index contributed by atoms with van der Waals surface area (Å²) >= 11 is -2.42. The summed E-state index contributed by atoms with van der Waals surface area (Å²) in [6, 6.07) is 0. The summed E-state index contributed by atoms with van der Waals surface area (Å²) in [5.41, 5.74) is 0. The summed E-state index contributed by atoms with van der Waals surface area (Å²) in [7, 11) is 0. The van der Waals surface area contributed by atoms with Crippen LogP contribution in [0.2, 0.25) is 0 Å². The third-order valence-electron chi connectivity index (χ3n) is 0.383. The topological polar surface area (TPSA) is 66.8 Å². The van der Waals surface area contributed by atoms with Gasteiger partial charge in [0.05, 0.1) is 0 Å². The standard InChI is InChI=1S/C3H6O4S/c1-2-3(4)7-8(5)6/h2-4H,1H2,(H,5,6). The molecular weight excluding hydrogens is 132 g/mol. The van der Waals surface area contributed by atoms with E-state index in [1.807, 2.05) is 0 Å². The van der Waals surface area contributed by atoms with Gasteiger partial charge in [0.1, 0.15) is 0 Å². The predicted octanol–water partition coefficient (Wildman–Crippen LogP) is -0.356. The lowest BCUT2D eigenvalue weighted by molar-refractivity contribution is 0.0295. The van der Waals surface area contributed by atoms with E-state index in [9.17, 15) is 4.21 Å². The Hall–Kier alpha value is -0.230. The van der Waals surface area contributed by atoms with Gasteiger partial charge in [-0.1, -0.05) is 6.58 Å². The van der Waals surface area contributed by atoms with Gasteiger partial charge < -0.3 is 5.11 Å². The van der Waals surface area contributed by atoms with Crippen LogP contribution in [-0.2, 0) is 15.5 Å². The summed E-state index contributed by atoms with van der Waals surface area (Å²) in [5.74, 6) is 0. The molecule has 0 saturated carbocycles. The van der Waals surface area contributed by atoms with Crippen LogP contribution in [0.4, 0.5) is 0 Å². The summed E-state index contributed by atoms with van der Waals surface area (Å²) in [6.07, 6.45) is -0.366. The van der Waals surface area contributed by atoms with Gasteiger partial charge in [0.25, 0.3) is 0 Å². The quantitative estimate of drug-likeness (QED) is 0.317. The summed E-state index contributed by atoms with van der Waals surface area (Å²) in [5, 5.41) is 8.34. The second kappa shape index (κ2) is 3.73. The minimum Gasteiger partial charge on any atom is -0.364 e. The van der Waals surface area contributed by atoms with Gasteiger partial charge in [0, 0.05) is 0 Å². The van der Waals surface area contributed by atoms with E-state index in [-0.39, 0.29) is 0 Å². The summed E-state index contributed by atoms with van der Waals surface area (Å²) in [4.78, 5) is 0. The number of hydrogen-bond acceptors (Lipinski definition) is 3. The first-order valence-corrected chi connectivity index (χ1v) is 2.78. The molecule has 5 heteroatoms. The molecule has 0 aromatic rings. The maximum absolute atomic E-state index is 9.65. The Kier molecular flexibility index (Phi) is 3.63. The van der Waals surface area contributed by atoms with Crippen LogP contribution in [-0.4, -0.2) is 20.2 Å². The van der Waals surface area contributed by atoms with E-state index in [0.29, 0.717) is 0 Å². The van der Waals surface area contributed by atoms with Crippen molar-refractivity contribution in [3.05, 3.63) is 12.7 Å². The molecule has 0 aliphatic rings. The van der Waals surface area contributed by atoms with E-state index in [0.717, 1.165) is 6.08 Å². The number of aliphatic hydroxyl groups excluding tert-OH is 1. The highest BCUT2D eigenvalue weighted by atomic mass is 32.2. The third kappa shape index (κ3) is 3.94. The van der Waals surface area contributed by atoms with Crippen LogP contribution in [0.25, 0.3) is 0 Å². The fraction of sp³-hybridized carbons (Fsp3) is 0.333. The minimum atomic E-state index is -2.42. The molecular formula is C3H6O4S. The molecule has 0 aromatic heterocycles. The Bertz CT molecular complexity index is 101. The first kappa shape index (κ1) is 7.77. The van der Waals surface area contributed by atoms with E-state index in [4.69, 9.17) is 9.66 Å². The first-order chi connectivity index (χ1) is 3.66. The highest BCUT2D eigenvalue weighted by molar-refractivity contribution is 7.74. The normalized spacial score (nSPS) is 17.2. The Morgan fingerprint density at radius 2 is 2.38 bits per heavy atom. The first-order valence-electron chi connectivity index (χ1n) is 1.75. The van der Waals surface area contributed by atoms with Crippen molar-refractivity contribution >= 4 is 11.4 Å². The maximum atomic E-state index is 9.65. The molecule has 8 heavy (non-hydrogen) atoms. The molecule has 0 aliphatic heterocycles. The van der Waals surface area contributed by atoms with Crippen LogP contribution >= 0.6 is 0 Å². The average molecular weight is 138 g/mol. The van der Waals surface area contributed by atoms with Crippen molar-refractivity contribution in [2.75, 3.05) is 0 Å². The highest BCUT2D eigenvalue weighted by Crippen LogP contribution is 1.88. The Labute approximate surface area is 49.3 Å². The van der Waals surface area contributed by atoms with Crippen molar-refractivity contribution in [3.63, 3.8) is 0 Å². The lowest BCUT2D eigenvalue weighted by Gasteiger charge is -1.98. The van der Waals surface area contributed by atoms with Crippen molar-refractivity contribution in [3.8, 4) is 0 Å². The molecule has 0 spiro atoms. The molecule has 0 aromatic carbocycles. The van der Waals surface area contributed by atoms with Gasteiger partial charge in [-0.15, -0.1) is 0 Å². The minimum absolute atomic E-state index is 0.994. The van der Waals surface area contributed by atoms with Crippen molar-refractivity contribution in [2.45, 2.75) is 6.29 Å². The monoisotopic (exact) mass is 138 g/mol. The zero-order chi connectivity index (χ0) is 6.57. The van der Waals surface area contributed by atoms with E-state index >= 15 is 0 Å². The van der Waals surface area contributed by atoms with Gasteiger partial charge in [0.2, 0.25) is 0 Å². The third-order valence-corrected chi connectivity index (χ3v) is 0.744. The number of rotatable bonds is 3. The Morgan fingerprint density at radius 3 is 2.50 bits per heavy atom.